The van der Waals surface area contributed by atoms with Crippen molar-refractivity contribution in [1.82, 2.24) is 12.3 Å². The summed E-state index contributed by atoms with van der Waals surface area (Å²) in [5, 5.41) is 20.7. The van der Waals surface area contributed by atoms with E-state index >= 15 is 0 Å². The van der Waals surface area contributed by atoms with Crippen LogP contribution in [0.2, 0.25) is 5.02 Å². The standard InChI is InChI=1S/C8H5ClO4.2H3N/c9-5-3-1-2-4(7(10)11)6(5)8(12)13;;/h1-3H,(H,10,11)(H,12,13);2*1H3. The van der Waals surface area contributed by atoms with Crippen LogP contribution in [0, 0.1) is 0 Å². The van der Waals surface area contributed by atoms with Crippen molar-refractivity contribution >= 4 is 23.5 Å². The summed E-state index contributed by atoms with van der Waals surface area (Å²) in [6, 6.07) is 3.67. The quantitative estimate of drug-likeness (QED) is 0.728. The largest absolute Gasteiger partial charge is 0.545 e. The normalized spacial score (nSPS) is 8.33. The lowest BCUT2D eigenvalue weighted by molar-refractivity contribution is -0.259. The summed E-state index contributed by atoms with van der Waals surface area (Å²) in [6.45, 7) is 0. The van der Waals surface area contributed by atoms with Crippen LogP contribution in [0.1, 0.15) is 20.7 Å². The predicted octanol–water partition coefficient (Wildman–Crippen LogP) is -0.181. The number of carbonyl (C=O) groups is 2. The van der Waals surface area contributed by atoms with Gasteiger partial charge in [0.1, 0.15) is 0 Å². The van der Waals surface area contributed by atoms with Crippen LogP contribution in [-0.2, 0) is 0 Å². The molecule has 0 amide bonds. The first-order chi connectivity index (χ1) is 6.04. The van der Waals surface area contributed by atoms with Gasteiger partial charge in [-0.3, -0.25) is 0 Å². The van der Waals surface area contributed by atoms with Crippen molar-refractivity contribution in [3.05, 3.63) is 34.3 Å². The molecule has 1 aromatic carbocycles. The zero-order valence-electron chi connectivity index (χ0n) is 8.24. The molecule has 0 atom stereocenters. The Hall–Kier alpha value is -1.63. The summed E-state index contributed by atoms with van der Waals surface area (Å²) in [6.07, 6.45) is 0. The average Bonchev–Trinajstić information content (AvgIpc) is 2.02. The molecule has 1 rings (SSSR count). The van der Waals surface area contributed by atoms with Crippen molar-refractivity contribution < 1.29 is 19.8 Å². The monoisotopic (exact) mass is 234 g/mol. The molecule has 0 unspecified atom stereocenters. The topological polar surface area (TPSA) is 153 Å². The van der Waals surface area contributed by atoms with Crippen LogP contribution in [0.15, 0.2) is 18.2 Å². The van der Waals surface area contributed by atoms with Gasteiger partial charge in [0.2, 0.25) is 0 Å². The second kappa shape index (κ2) is 5.97. The van der Waals surface area contributed by atoms with Crippen LogP contribution in [0.4, 0.5) is 0 Å². The molecule has 7 heteroatoms. The van der Waals surface area contributed by atoms with Gasteiger partial charge in [-0.1, -0.05) is 23.7 Å². The highest BCUT2D eigenvalue weighted by Crippen LogP contribution is 2.18. The molecule has 0 aliphatic carbocycles. The fourth-order valence-electron chi connectivity index (χ4n) is 0.902. The van der Waals surface area contributed by atoms with Crippen LogP contribution in [-0.4, -0.2) is 11.9 Å². The fraction of sp³-hybridized carbons (Fsp3) is 0. The Morgan fingerprint density at radius 1 is 1.07 bits per heavy atom. The third-order valence-corrected chi connectivity index (χ3v) is 1.75. The maximum absolute atomic E-state index is 10.5. The zero-order valence-corrected chi connectivity index (χ0v) is 9.00. The van der Waals surface area contributed by atoms with E-state index in [9.17, 15) is 19.8 Å². The van der Waals surface area contributed by atoms with Gasteiger partial charge in [-0.05, 0) is 6.07 Å². The van der Waals surface area contributed by atoms with E-state index in [0.29, 0.717) is 0 Å². The maximum Gasteiger partial charge on any atom is 0.0736 e. The molecule has 0 aliphatic heterocycles. The number of benzene rings is 1. The summed E-state index contributed by atoms with van der Waals surface area (Å²) >= 11 is 5.46. The van der Waals surface area contributed by atoms with Crippen molar-refractivity contribution in [3.8, 4) is 0 Å². The van der Waals surface area contributed by atoms with Crippen molar-refractivity contribution in [2.75, 3.05) is 0 Å². The fourth-order valence-corrected chi connectivity index (χ4v) is 1.15. The molecule has 84 valence electrons. The minimum atomic E-state index is -1.63. The van der Waals surface area contributed by atoms with Gasteiger partial charge in [0.15, 0.2) is 0 Å². The molecule has 0 saturated carbocycles. The number of rotatable bonds is 2. The summed E-state index contributed by atoms with van der Waals surface area (Å²) in [5.74, 6) is -3.23. The highest BCUT2D eigenvalue weighted by atomic mass is 35.5. The summed E-state index contributed by atoms with van der Waals surface area (Å²) in [5.41, 5.74) is -1.03. The molecule has 15 heavy (non-hydrogen) atoms. The Kier molecular flexibility index (Phi) is 6.30. The van der Waals surface area contributed by atoms with E-state index in [1.54, 1.807) is 0 Å². The third kappa shape index (κ3) is 3.21. The first kappa shape index (κ1) is 15.8. The molecule has 0 aliphatic rings. The first-order valence-electron chi connectivity index (χ1n) is 3.25. The highest BCUT2D eigenvalue weighted by molar-refractivity contribution is 6.34. The minimum absolute atomic E-state index is 0. The van der Waals surface area contributed by atoms with E-state index in [2.05, 4.69) is 0 Å². The summed E-state index contributed by atoms with van der Waals surface area (Å²) in [7, 11) is 0. The number of aromatic carboxylic acids is 2. The first-order valence-corrected chi connectivity index (χ1v) is 3.63. The molecular formula is C8H11ClN2O4. The zero-order chi connectivity index (χ0) is 10.0. The Morgan fingerprint density at radius 3 is 1.93 bits per heavy atom. The number of carbonyl (C=O) groups excluding carboxylic acids is 2. The summed E-state index contributed by atoms with van der Waals surface area (Å²) in [4.78, 5) is 20.9. The maximum atomic E-state index is 10.5. The second-order valence-electron chi connectivity index (χ2n) is 2.24. The summed E-state index contributed by atoms with van der Waals surface area (Å²) < 4.78 is 0. The Morgan fingerprint density at radius 2 is 1.60 bits per heavy atom. The number of quaternary nitrogens is 2. The van der Waals surface area contributed by atoms with Gasteiger partial charge < -0.3 is 32.1 Å². The van der Waals surface area contributed by atoms with Crippen LogP contribution < -0.4 is 22.5 Å². The molecule has 6 nitrogen and oxygen atoms in total. The van der Waals surface area contributed by atoms with Crippen LogP contribution in [0.5, 0.6) is 0 Å². The van der Waals surface area contributed by atoms with Crippen LogP contribution in [0.25, 0.3) is 0 Å². The number of halogens is 1. The van der Waals surface area contributed by atoms with E-state index in [1.165, 1.54) is 12.1 Å². The van der Waals surface area contributed by atoms with E-state index in [4.69, 9.17) is 11.6 Å². The third-order valence-electron chi connectivity index (χ3n) is 1.44. The van der Waals surface area contributed by atoms with Gasteiger partial charge in [-0.15, -0.1) is 0 Å². The highest BCUT2D eigenvalue weighted by Gasteiger charge is 2.07. The van der Waals surface area contributed by atoms with Gasteiger partial charge in [0.05, 0.1) is 17.0 Å². The number of hydrogen-bond acceptors (Lipinski definition) is 4. The molecule has 8 N–H and O–H groups in total. The smallest absolute Gasteiger partial charge is 0.0736 e. The lowest BCUT2D eigenvalue weighted by atomic mass is 10.1. The van der Waals surface area contributed by atoms with Gasteiger partial charge in [0, 0.05) is 11.1 Å². The van der Waals surface area contributed by atoms with Gasteiger partial charge >= 0.3 is 0 Å². The average molecular weight is 235 g/mol. The molecule has 0 radical (unpaired) electrons. The van der Waals surface area contributed by atoms with E-state index < -0.39 is 23.1 Å². The van der Waals surface area contributed by atoms with Gasteiger partial charge in [-0.25, -0.2) is 0 Å². The molecule has 1 aromatic rings. The van der Waals surface area contributed by atoms with Crippen molar-refractivity contribution in [2.45, 2.75) is 0 Å². The molecule has 0 saturated heterocycles. The van der Waals surface area contributed by atoms with Gasteiger partial charge in [-0.2, -0.15) is 0 Å². The molecule has 0 heterocycles. The van der Waals surface area contributed by atoms with Crippen molar-refractivity contribution in [2.24, 2.45) is 0 Å². The molecule has 0 bridgehead atoms. The molecule has 0 spiro atoms. The Balaban J connectivity index is 0. The Bertz CT molecular complexity index is 381. The number of carboxylic acid groups (broad SMARTS) is 2. The van der Waals surface area contributed by atoms with Crippen molar-refractivity contribution in [1.29, 1.82) is 0 Å². The van der Waals surface area contributed by atoms with Crippen LogP contribution >= 0.6 is 11.6 Å². The number of carboxylic acids is 2. The predicted molar refractivity (Wildman–Crippen MR) is 52.1 cm³/mol. The van der Waals surface area contributed by atoms with E-state index in [0.717, 1.165) is 6.07 Å². The van der Waals surface area contributed by atoms with Gasteiger partial charge in [0.25, 0.3) is 0 Å². The lowest BCUT2D eigenvalue weighted by Crippen LogP contribution is -2.30. The lowest BCUT2D eigenvalue weighted by Gasteiger charge is -2.12. The molecule has 0 aromatic heterocycles. The molecular weight excluding hydrogens is 224 g/mol. The van der Waals surface area contributed by atoms with E-state index in [-0.39, 0.29) is 17.3 Å². The molecule has 0 fully saturated rings. The van der Waals surface area contributed by atoms with E-state index in [1.807, 2.05) is 0 Å². The van der Waals surface area contributed by atoms with Crippen molar-refractivity contribution in [3.63, 3.8) is 0 Å². The number of hydrogen-bond donors (Lipinski definition) is 2. The van der Waals surface area contributed by atoms with Crippen LogP contribution in [0.3, 0.4) is 0 Å². The SMILES string of the molecule is O=C([O-])c1cccc(Cl)c1C(=O)[O-].[NH4+].[NH4+]. The minimum Gasteiger partial charge on any atom is -0.545 e. The Labute approximate surface area is 90.6 Å². The second-order valence-corrected chi connectivity index (χ2v) is 2.64.